The topological polar surface area (TPSA) is 63.2 Å². The van der Waals surface area contributed by atoms with Crippen molar-refractivity contribution in [3.05, 3.63) is 70.1 Å². The van der Waals surface area contributed by atoms with Gasteiger partial charge in [-0.3, -0.25) is 9.78 Å². The Hall–Kier alpha value is -2.41. The van der Waals surface area contributed by atoms with Gasteiger partial charge < -0.3 is 15.4 Å². The molecule has 0 unspecified atom stereocenters. The molecule has 1 aliphatic carbocycles. The Balaban J connectivity index is 1.18. The van der Waals surface area contributed by atoms with E-state index in [1.54, 1.807) is 0 Å². The van der Waals surface area contributed by atoms with Crippen LogP contribution in [0, 0.1) is 5.82 Å². The van der Waals surface area contributed by atoms with E-state index in [1.165, 1.54) is 18.2 Å². The molecule has 1 fully saturated rings. The molecule has 0 saturated heterocycles. The van der Waals surface area contributed by atoms with Gasteiger partial charge in [-0.25, -0.2) is 4.39 Å². The minimum Gasteiger partial charge on any atom is -0.484 e. The van der Waals surface area contributed by atoms with Crippen LogP contribution < -0.4 is 15.4 Å². The fourth-order valence-electron chi connectivity index (χ4n) is 3.91. The zero-order valence-electron chi connectivity index (χ0n) is 17.4. The van der Waals surface area contributed by atoms with Crippen molar-refractivity contribution in [2.75, 3.05) is 6.61 Å². The van der Waals surface area contributed by atoms with E-state index in [0.29, 0.717) is 23.4 Å². The molecule has 0 bridgehead atoms. The van der Waals surface area contributed by atoms with Gasteiger partial charge in [-0.05, 0) is 62.1 Å². The van der Waals surface area contributed by atoms with E-state index < -0.39 is 5.82 Å². The summed E-state index contributed by atoms with van der Waals surface area (Å²) >= 11 is 11.8. The summed E-state index contributed by atoms with van der Waals surface area (Å²) in [5.74, 6) is -0.345. The lowest BCUT2D eigenvalue weighted by Gasteiger charge is -2.29. The molecule has 4 rings (SSSR count). The van der Waals surface area contributed by atoms with Crippen LogP contribution in [0.25, 0.3) is 10.9 Å². The summed E-state index contributed by atoms with van der Waals surface area (Å²) in [6, 6.07) is 14.3. The largest absolute Gasteiger partial charge is 0.484 e. The molecule has 5 nitrogen and oxygen atoms in total. The fraction of sp³-hybridized carbons (Fsp3) is 0.333. The zero-order chi connectivity index (χ0) is 22.5. The lowest BCUT2D eigenvalue weighted by Crippen LogP contribution is -2.43. The highest BCUT2D eigenvalue weighted by atomic mass is 35.5. The molecular formula is C24H24Cl2FN3O2. The molecule has 2 aromatic carbocycles. The highest BCUT2D eigenvalue weighted by Crippen LogP contribution is 2.22. The standard InChI is InChI=1S/C24H24Cl2FN3O2/c25-16-2-10-23-15(11-16)1-3-19(29-23)13-28-17-4-6-18(7-5-17)30-24(31)14-32-20-8-9-22(27)21(26)12-20/h1-3,8-12,17-18,28H,4-7,13-14H2,(H,30,31)/t17-,18-. The molecule has 1 aromatic heterocycles. The first-order chi connectivity index (χ1) is 15.5. The van der Waals surface area contributed by atoms with Crippen LogP contribution in [0.4, 0.5) is 4.39 Å². The van der Waals surface area contributed by atoms with Crippen molar-refractivity contribution in [3.8, 4) is 5.75 Å². The van der Waals surface area contributed by atoms with Gasteiger partial charge in [-0.2, -0.15) is 0 Å². The Kier molecular flexibility index (Phi) is 7.45. The Morgan fingerprint density at radius 2 is 1.81 bits per heavy atom. The number of hydrogen-bond acceptors (Lipinski definition) is 4. The Morgan fingerprint density at radius 1 is 1.03 bits per heavy atom. The molecule has 3 aromatic rings. The van der Waals surface area contributed by atoms with Crippen LogP contribution in [0.1, 0.15) is 31.4 Å². The van der Waals surface area contributed by atoms with Gasteiger partial charge in [0.1, 0.15) is 11.6 Å². The number of nitrogens with zero attached hydrogens (tertiary/aromatic N) is 1. The quantitative estimate of drug-likeness (QED) is 0.488. The summed E-state index contributed by atoms with van der Waals surface area (Å²) in [6.45, 7) is 0.577. The number of nitrogens with one attached hydrogen (secondary N) is 2. The van der Waals surface area contributed by atoms with Crippen LogP contribution in [-0.2, 0) is 11.3 Å². The third-order valence-electron chi connectivity index (χ3n) is 5.63. The van der Waals surface area contributed by atoms with Crippen molar-refractivity contribution in [3.63, 3.8) is 0 Å². The third kappa shape index (κ3) is 6.09. The summed E-state index contributed by atoms with van der Waals surface area (Å²) in [5, 5.41) is 8.30. The average molecular weight is 476 g/mol. The van der Waals surface area contributed by atoms with Crippen molar-refractivity contribution >= 4 is 40.0 Å². The van der Waals surface area contributed by atoms with E-state index in [1.807, 2.05) is 30.3 Å². The molecule has 2 N–H and O–H groups in total. The number of carbonyl (C=O) groups excluding carboxylic acids is 1. The molecule has 1 aliphatic rings. The number of hydrogen-bond donors (Lipinski definition) is 2. The first-order valence-corrected chi connectivity index (χ1v) is 11.4. The number of amides is 1. The summed E-state index contributed by atoms with van der Waals surface area (Å²) in [4.78, 5) is 16.9. The number of fused-ring (bicyclic) bond motifs is 1. The number of rotatable bonds is 7. The van der Waals surface area contributed by atoms with Crippen LogP contribution in [-0.4, -0.2) is 29.6 Å². The van der Waals surface area contributed by atoms with Gasteiger partial charge in [-0.15, -0.1) is 0 Å². The van der Waals surface area contributed by atoms with Crippen molar-refractivity contribution < 1.29 is 13.9 Å². The minimum atomic E-state index is -0.518. The molecule has 0 spiro atoms. The monoisotopic (exact) mass is 475 g/mol. The predicted molar refractivity (Wildman–Crippen MR) is 125 cm³/mol. The maximum absolute atomic E-state index is 13.2. The number of ether oxygens (including phenoxy) is 1. The van der Waals surface area contributed by atoms with Gasteiger partial charge in [0.2, 0.25) is 0 Å². The van der Waals surface area contributed by atoms with Crippen LogP contribution >= 0.6 is 23.2 Å². The van der Waals surface area contributed by atoms with Gasteiger partial charge in [0.25, 0.3) is 5.91 Å². The van der Waals surface area contributed by atoms with Gasteiger partial charge in [-0.1, -0.05) is 29.3 Å². The zero-order valence-corrected chi connectivity index (χ0v) is 18.9. The Labute approximate surface area is 196 Å². The fourth-order valence-corrected chi connectivity index (χ4v) is 4.26. The van der Waals surface area contributed by atoms with Crippen molar-refractivity contribution in [2.24, 2.45) is 0 Å². The molecule has 1 amide bonds. The van der Waals surface area contributed by atoms with Gasteiger partial charge in [0.05, 0.1) is 16.2 Å². The number of halogens is 3. The number of benzene rings is 2. The summed E-state index contributed by atoms with van der Waals surface area (Å²) < 4.78 is 18.6. The molecule has 0 atom stereocenters. The second-order valence-electron chi connectivity index (χ2n) is 8.00. The normalized spacial score (nSPS) is 18.5. The van der Waals surface area contributed by atoms with Gasteiger partial charge in [0, 0.05) is 35.1 Å². The summed E-state index contributed by atoms with van der Waals surface area (Å²) in [5.41, 5.74) is 1.93. The van der Waals surface area contributed by atoms with Crippen LogP contribution in [0.2, 0.25) is 10.0 Å². The Morgan fingerprint density at radius 3 is 2.59 bits per heavy atom. The van der Waals surface area contributed by atoms with E-state index in [9.17, 15) is 9.18 Å². The van der Waals surface area contributed by atoms with Crippen molar-refractivity contribution in [1.29, 1.82) is 0 Å². The van der Waals surface area contributed by atoms with E-state index in [4.69, 9.17) is 27.9 Å². The lowest BCUT2D eigenvalue weighted by atomic mass is 9.91. The second-order valence-corrected chi connectivity index (χ2v) is 8.84. The van der Waals surface area contributed by atoms with E-state index >= 15 is 0 Å². The van der Waals surface area contributed by atoms with Crippen molar-refractivity contribution in [1.82, 2.24) is 15.6 Å². The summed E-state index contributed by atoms with van der Waals surface area (Å²) in [7, 11) is 0. The molecule has 0 aliphatic heterocycles. The molecule has 168 valence electrons. The number of aromatic nitrogens is 1. The number of carbonyl (C=O) groups is 1. The highest BCUT2D eigenvalue weighted by molar-refractivity contribution is 6.31. The predicted octanol–water partition coefficient (Wildman–Crippen LogP) is 5.28. The van der Waals surface area contributed by atoms with Crippen LogP contribution in [0.5, 0.6) is 5.75 Å². The van der Waals surface area contributed by atoms with E-state index in [2.05, 4.69) is 15.6 Å². The molecule has 1 heterocycles. The lowest BCUT2D eigenvalue weighted by molar-refractivity contribution is -0.124. The first kappa shape index (κ1) is 22.8. The van der Waals surface area contributed by atoms with Gasteiger partial charge in [0.15, 0.2) is 6.61 Å². The SMILES string of the molecule is O=C(COc1ccc(F)c(Cl)c1)N[C@H]1CC[C@H](NCc2ccc3cc(Cl)ccc3n2)CC1. The minimum absolute atomic E-state index is 0.0305. The van der Waals surface area contributed by atoms with E-state index in [-0.39, 0.29) is 23.6 Å². The Bertz CT molecular complexity index is 1100. The smallest absolute Gasteiger partial charge is 0.258 e. The molecule has 8 heteroatoms. The second kappa shape index (κ2) is 10.5. The number of pyridine rings is 1. The van der Waals surface area contributed by atoms with Crippen LogP contribution in [0.15, 0.2) is 48.5 Å². The third-order valence-corrected chi connectivity index (χ3v) is 6.16. The average Bonchev–Trinajstić information content (AvgIpc) is 2.79. The summed E-state index contributed by atoms with van der Waals surface area (Å²) in [6.07, 6.45) is 3.75. The maximum atomic E-state index is 13.2. The molecule has 1 saturated carbocycles. The van der Waals surface area contributed by atoms with Crippen molar-refractivity contribution in [2.45, 2.75) is 44.3 Å². The highest BCUT2D eigenvalue weighted by Gasteiger charge is 2.22. The van der Waals surface area contributed by atoms with Gasteiger partial charge >= 0.3 is 0 Å². The van der Waals surface area contributed by atoms with E-state index in [0.717, 1.165) is 42.3 Å². The molecule has 32 heavy (non-hydrogen) atoms. The maximum Gasteiger partial charge on any atom is 0.258 e. The van der Waals surface area contributed by atoms with Crippen LogP contribution in [0.3, 0.4) is 0 Å². The first-order valence-electron chi connectivity index (χ1n) is 10.6. The molecular weight excluding hydrogens is 452 g/mol. The molecule has 0 radical (unpaired) electrons.